The SMILES string of the molecule is CCCC(C)(NC(=O)OCC1c2ccccc2-c2ccccc21)C(=O)NCCOCC(=O)O. The standard InChI is InChI=1S/C25H30N2O6/c1-3-12-25(2,23(30)26-13-14-32-16-22(28)29)27-24(31)33-15-21-19-10-6-4-8-17(19)18-9-5-7-11-20(18)21/h4-11,21H,3,12-16H2,1-2H3,(H,26,30)(H,27,31)(H,28,29). The second-order valence-corrected chi connectivity index (χ2v) is 8.23. The number of ether oxygens (including phenoxy) is 2. The van der Waals surface area contributed by atoms with Crippen LogP contribution in [-0.2, 0) is 19.1 Å². The summed E-state index contributed by atoms with van der Waals surface area (Å²) in [6, 6.07) is 16.2. The number of rotatable bonds is 11. The van der Waals surface area contributed by atoms with E-state index in [4.69, 9.17) is 14.6 Å². The molecule has 0 aromatic heterocycles. The van der Waals surface area contributed by atoms with Crippen LogP contribution in [0.2, 0.25) is 0 Å². The minimum atomic E-state index is -1.16. The van der Waals surface area contributed by atoms with Gasteiger partial charge in [0.25, 0.3) is 0 Å². The molecule has 2 aromatic rings. The average molecular weight is 455 g/mol. The van der Waals surface area contributed by atoms with Gasteiger partial charge in [-0.15, -0.1) is 0 Å². The molecule has 1 aliphatic carbocycles. The monoisotopic (exact) mass is 454 g/mol. The lowest BCUT2D eigenvalue weighted by Crippen LogP contribution is -2.57. The Balaban J connectivity index is 1.59. The fourth-order valence-corrected chi connectivity index (χ4v) is 4.18. The molecule has 1 aliphatic rings. The topological polar surface area (TPSA) is 114 Å². The van der Waals surface area contributed by atoms with Crippen molar-refractivity contribution in [2.24, 2.45) is 0 Å². The Bertz CT molecular complexity index is 962. The zero-order valence-corrected chi connectivity index (χ0v) is 18.9. The van der Waals surface area contributed by atoms with Gasteiger partial charge in [-0.2, -0.15) is 0 Å². The maximum absolute atomic E-state index is 12.7. The lowest BCUT2D eigenvalue weighted by Gasteiger charge is -2.29. The number of carboxylic acids is 1. The van der Waals surface area contributed by atoms with Crippen molar-refractivity contribution in [3.05, 3.63) is 59.7 Å². The largest absolute Gasteiger partial charge is 0.480 e. The number of carboxylic acid groups (broad SMARTS) is 1. The van der Waals surface area contributed by atoms with Crippen molar-refractivity contribution in [3.63, 3.8) is 0 Å². The van der Waals surface area contributed by atoms with E-state index in [1.807, 2.05) is 43.3 Å². The van der Waals surface area contributed by atoms with E-state index >= 15 is 0 Å². The van der Waals surface area contributed by atoms with Crippen LogP contribution in [0.4, 0.5) is 4.79 Å². The molecule has 3 N–H and O–H groups in total. The molecular weight excluding hydrogens is 424 g/mol. The van der Waals surface area contributed by atoms with Crippen LogP contribution >= 0.6 is 0 Å². The van der Waals surface area contributed by atoms with Crippen molar-refractivity contribution in [1.82, 2.24) is 10.6 Å². The van der Waals surface area contributed by atoms with Crippen molar-refractivity contribution in [2.45, 2.75) is 38.1 Å². The maximum Gasteiger partial charge on any atom is 0.408 e. The first-order valence-corrected chi connectivity index (χ1v) is 11.1. The molecule has 3 rings (SSSR count). The quantitative estimate of drug-likeness (QED) is 0.449. The first kappa shape index (κ1) is 24.3. The van der Waals surface area contributed by atoms with Crippen LogP contribution in [0.1, 0.15) is 43.7 Å². The van der Waals surface area contributed by atoms with E-state index in [1.165, 1.54) is 0 Å². The normalized spacial score (nSPS) is 14.0. The molecule has 8 nitrogen and oxygen atoms in total. The van der Waals surface area contributed by atoms with Gasteiger partial charge in [-0.25, -0.2) is 9.59 Å². The van der Waals surface area contributed by atoms with Gasteiger partial charge in [-0.3, -0.25) is 4.79 Å². The number of hydrogen-bond donors (Lipinski definition) is 3. The van der Waals surface area contributed by atoms with Crippen LogP contribution in [-0.4, -0.2) is 55.0 Å². The molecule has 0 fully saturated rings. The average Bonchev–Trinajstić information content (AvgIpc) is 3.11. The third-order valence-electron chi connectivity index (χ3n) is 5.73. The molecule has 8 heteroatoms. The molecule has 0 saturated carbocycles. The molecule has 176 valence electrons. The predicted octanol–water partition coefficient (Wildman–Crippen LogP) is 3.30. The summed E-state index contributed by atoms with van der Waals surface area (Å²) in [5.41, 5.74) is 3.35. The highest BCUT2D eigenvalue weighted by atomic mass is 16.5. The summed E-state index contributed by atoms with van der Waals surface area (Å²) >= 11 is 0. The van der Waals surface area contributed by atoms with Crippen LogP contribution in [0, 0.1) is 0 Å². The van der Waals surface area contributed by atoms with Crippen LogP contribution in [0.25, 0.3) is 11.1 Å². The molecule has 0 aliphatic heterocycles. The summed E-state index contributed by atoms with van der Waals surface area (Å²) in [6.45, 7) is 3.49. The number of aliphatic carboxylic acids is 1. The molecule has 0 bridgehead atoms. The molecule has 0 spiro atoms. The highest BCUT2D eigenvalue weighted by Gasteiger charge is 2.35. The lowest BCUT2D eigenvalue weighted by molar-refractivity contribution is -0.142. The fraction of sp³-hybridized carbons (Fsp3) is 0.400. The Labute approximate surface area is 193 Å². The second-order valence-electron chi connectivity index (χ2n) is 8.23. The van der Waals surface area contributed by atoms with Gasteiger partial charge in [0.2, 0.25) is 5.91 Å². The van der Waals surface area contributed by atoms with Crippen molar-refractivity contribution in [2.75, 3.05) is 26.4 Å². The van der Waals surface area contributed by atoms with Crippen molar-refractivity contribution in [1.29, 1.82) is 0 Å². The van der Waals surface area contributed by atoms with Crippen LogP contribution in [0.15, 0.2) is 48.5 Å². The maximum atomic E-state index is 12.7. The van der Waals surface area contributed by atoms with E-state index in [2.05, 4.69) is 22.8 Å². The Hall–Kier alpha value is -3.39. The Morgan fingerprint density at radius 2 is 1.64 bits per heavy atom. The van der Waals surface area contributed by atoms with Crippen molar-refractivity contribution in [3.8, 4) is 11.1 Å². The van der Waals surface area contributed by atoms with E-state index < -0.39 is 24.2 Å². The lowest BCUT2D eigenvalue weighted by atomic mass is 9.95. The summed E-state index contributed by atoms with van der Waals surface area (Å²) in [7, 11) is 0. The fourth-order valence-electron chi connectivity index (χ4n) is 4.18. The molecule has 0 saturated heterocycles. The van der Waals surface area contributed by atoms with Gasteiger partial charge in [-0.05, 0) is 35.6 Å². The number of fused-ring (bicyclic) bond motifs is 3. The zero-order valence-electron chi connectivity index (χ0n) is 18.9. The predicted molar refractivity (Wildman–Crippen MR) is 123 cm³/mol. The van der Waals surface area contributed by atoms with E-state index in [1.54, 1.807) is 6.92 Å². The highest BCUT2D eigenvalue weighted by Crippen LogP contribution is 2.44. The molecule has 2 amide bonds. The number of carbonyl (C=O) groups is 3. The zero-order chi connectivity index (χ0) is 23.8. The Kier molecular flexibility index (Phi) is 8.06. The first-order valence-electron chi connectivity index (χ1n) is 11.1. The second kappa shape index (κ2) is 11.0. The molecular formula is C25H30N2O6. The summed E-state index contributed by atoms with van der Waals surface area (Å²) in [4.78, 5) is 35.9. The van der Waals surface area contributed by atoms with E-state index in [0.29, 0.717) is 12.8 Å². The number of alkyl carbamates (subject to hydrolysis) is 1. The molecule has 1 atom stereocenters. The van der Waals surface area contributed by atoms with Gasteiger partial charge in [0, 0.05) is 12.5 Å². The Morgan fingerprint density at radius 3 is 2.21 bits per heavy atom. The van der Waals surface area contributed by atoms with Crippen LogP contribution in [0.3, 0.4) is 0 Å². The first-order chi connectivity index (χ1) is 15.9. The number of nitrogens with one attached hydrogen (secondary N) is 2. The minimum Gasteiger partial charge on any atom is -0.480 e. The smallest absolute Gasteiger partial charge is 0.408 e. The van der Waals surface area contributed by atoms with Crippen LogP contribution in [0.5, 0.6) is 0 Å². The number of carbonyl (C=O) groups excluding carboxylic acids is 2. The van der Waals surface area contributed by atoms with E-state index in [9.17, 15) is 14.4 Å². The summed E-state index contributed by atoms with van der Waals surface area (Å²) in [6.07, 6.45) is 0.423. The Morgan fingerprint density at radius 1 is 1.03 bits per heavy atom. The third kappa shape index (κ3) is 5.90. The summed E-state index contributed by atoms with van der Waals surface area (Å²) in [5.74, 6) is -1.52. The van der Waals surface area contributed by atoms with Gasteiger partial charge < -0.3 is 25.2 Å². The van der Waals surface area contributed by atoms with Crippen LogP contribution < -0.4 is 10.6 Å². The molecule has 0 heterocycles. The van der Waals surface area contributed by atoms with Gasteiger partial charge in [0.15, 0.2) is 0 Å². The van der Waals surface area contributed by atoms with Gasteiger partial charge in [-0.1, -0.05) is 61.9 Å². The van der Waals surface area contributed by atoms with E-state index in [-0.39, 0.29) is 31.6 Å². The minimum absolute atomic E-state index is 0.0607. The van der Waals surface area contributed by atoms with Crippen molar-refractivity contribution < 1.29 is 29.0 Å². The van der Waals surface area contributed by atoms with Gasteiger partial charge in [0.05, 0.1) is 6.61 Å². The van der Waals surface area contributed by atoms with E-state index in [0.717, 1.165) is 22.3 Å². The number of amides is 2. The summed E-state index contributed by atoms with van der Waals surface area (Å²) < 4.78 is 10.5. The molecule has 0 radical (unpaired) electrons. The summed E-state index contributed by atoms with van der Waals surface area (Å²) in [5, 5.41) is 14.0. The van der Waals surface area contributed by atoms with Crippen molar-refractivity contribution >= 4 is 18.0 Å². The third-order valence-corrected chi connectivity index (χ3v) is 5.73. The number of benzene rings is 2. The molecule has 33 heavy (non-hydrogen) atoms. The highest BCUT2D eigenvalue weighted by molar-refractivity contribution is 5.89. The number of hydrogen-bond acceptors (Lipinski definition) is 5. The van der Waals surface area contributed by atoms with Gasteiger partial charge >= 0.3 is 12.1 Å². The molecule has 2 aromatic carbocycles. The van der Waals surface area contributed by atoms with Gasteiger partial charge in [0.1, 0.15) is 18.8 Å². The molecule has 1 unspecified atom stereocenters.